The molecule has 0 unspecified atom stereocenters. The molecule has 1 aliphatic rings. The normalized spacial score (nSPS) is 23.9. The first-order valence-electron chi connectivity index (χ1n) is 7.39. The Labute approximate surface area is 126 Å². The van der Waals surface area contributed by atoms with Crippen LogP contribution >= 0.6 is 11.3 Å². The number of sulfonamides is 1. The van der Waals surface area contributed by atoms with Crippen LogP contribution in [-0.2, 0) is 16.4 Å². The highest BCUT2D eigenvalue weighted by molar-refractivity contribution is 7.91. The zero-order valence-corrected chi connectivity index (χ0v) is 13.8. The van der Waals surface area contributed by atoms with E-state index < -0.39 is 10.0 Å². The third kappa shape index (κ3) is 4.04. The molecule has 20 heavy (non-hydrogen) atoms. The van der Waals surface area contributed by atoms with Crippen LogP contribution in [0.15, 0.2) is 16.3 Å². The van der Waals surface area contributed by atoms with Crippen molar-refractivity contribution in [2.75, 3.05) is 6.54 Å². The molecule has 0 atom stereocenters. The van der Waals surface area contributed by atoms with Crippen molar-refractivity contribution in [3.05, 3.63) is 17.0 Å². The zero-order chi connectivity index (χ0) is 14.6. The van der Waals surface area contributed by atoms with E-state index in [1.165, 1.54) is 11.3 Å². The largest absolute Gasteiger partial charge is 0.314 e. The lowest BCUT2D eigenvalue weighted by Crippen LogP contribution is -2.41. The van der Waals surface area contributed by atoms with Gasteiger partial charge in [0.15, 0.2) is 0 Å². The van der Waals surface area contributed by atoms with Gasteiger partial charge in [-0.1, -0.05) is 13.8 Å². The number of nitrogens with one attached hydrogen (secondary N) is 2. The highest BCUT2D eigenvalue weighted by Crippen LogP contribution is 2.24. The van der Waals surface area contributed by atoms with Crippen molar-refractivity contribution in [1.29, 1.82) is 0 Å². The fourth-order valence-corrected chi connectivity index (χ4v) is 5.29. The third-order valence-corrected chi connectivity index (χ3v) is 7.03. The first kappa shape index (κ1) is 15.9. The van der Waals surface area contributed by atoms with E-state index in [4.69, 9.17) is 0 Å². The third-order valence-electron chi connectivity index (χ3n) is 3.79. The van der Waals surface area contributed by atoms with Crippen molar-refractivity contribution in [3.63, 3.8) is 0 Å². The molecule has 0 aromatic carbocycles. The lowest BCUT2D eigenvalue weighted by molar-refractivity contribution is 0.333. The van der Waals surface area contributed by atoms with Crippen molar-refractivity contribution in [3.8, 4) is 0 Å². The van der Waals surface area contributed by atoms with Gasteiger partial charge < -0.3 is 5.32 Å². The summed E-state index contributed by atoms with van der Waals surface area (Å²) in [4.78, 5) is 1.11. The first-order valence-corrected chi connectivity index (χ1v) is 9.69. The van der Waals surface area contributed by atoms with Crippen LogP contribution < -0.4 is 10.0 Å². The fourth-order valence-electron chi connectivity index (χ4n) is 2.67. The van der Waals surface area contributed by atoms with Gasteiger partial charge in [0.25, 0.3) is 0 Å². The van der Waals surface area contributed by atoms with Crippen LogP contribution in [0, 0.1) is 0 Å². The van der Waals surface area contributed by atoms with E-state index in [-0.39, 0.29) is 6.04 Å². The van der Waals surface area contributed by atoms with Crippen molar-refractivity contribution in [2.24, 2.45) is 0 Å². The Hall–Kier alpha value is -0.430. The monoisotopic (exact) mass is 316 g/mol. The Morgan fingerprint density at radius 3 is 2.35 bits per heavy atom. The van der Waals surface area contributed by atoms with Gasteiger partial charge in [-0.15, -0.1) is 11.3 Å². The second kappa shape index (κ2) is 7.02. The molecule has 0 saturated heterocycles. The molecule has 6 heteroatoms. The number of hydrogen-bond donors (Lipinski definition) is 2. The molecule has 1 saturated carbocycles. The maximum absolute atomic E-state index is 12.3. The van der Waals surface area contributed by atoms with Gasteiger partial charge in [0.05, 0.1) is 0 Å². The SMILES string of the molecule is CCNC1CCC(NS(=O)(=O)c2ccc(CC)s2)CC1. The average molecular weight is 316 g/mol. The summed E-state index contributed by atoms with van der Waals surface area (Å²) in [5.41, 5.74) is 0. The van der Waals surface area contributed by atoms with E-state index in [9.17, 15) is 8.42 Å². The minimum atomic E-state index is -3.33. The minimum Gasteiger partial charge on any atom is -0.314 e. The van der Waals surface area contributed by atoms with Gasteiger partial charge in [-0.2, -0.15) is 0 Å². The van der Waals surface area contributed by atoms with Crippen LogP contribution in [-0.4, -0.2) is 27.0 Å². The molecule has 1 aliphatic carbocycles. The predicted molar refractivity (Wildman–Crippen MR) is 83.7 cm³/mol. The number of thiophene rings is 1. The van der Waals surface area contributed by atoms with Crippen molar-refractivity contribution in [1.82, 2.24) is 10.0 Å². The molecule has 0 spiro atoms. The van der Waals surface area contributed by atoms with Gasteiger partial charge >= 0.3 is 0 Å². The standard InChI is InChI=1S/C14H24N2O2S2/c1-3-13-9-10-14(19-13)20(17,18)16-12-7-5-11(6-8-12)15-4-2/h9-12,15-16H,3-8H2,1-2H3. The molecule has 4 nitrogen and oxygen atoms in total. The van der Waals surface area contributed by atoms with Crippen LogP contribution in [0.2, 0.25) is 0 Å². The molecule has 0 aliphatic heterocycles. The second-order valence-corrected chi connectivity index (χ2v) is 8.41. The smallest absolute Gasteiger partial charge is 0.250 e. The maximum atomic E-state index is 12.3. The summed E-state index contributed by atoms with van der Waals surface area (Å²) < 4.78 is 28.0. The second-order valence-electron chi connectivity index (χ2n) is 5.30. The molecule has 0 radical (unpaired) electrons. The highest BCUT2D eigenvalue weighted by Gasteiger charge is 2.26. The Bertz CT molecular complexity index is 517. The van der Waals surface area contributed by atoms with E-state index >= 15 is 0 Å². The Kier molecular flexibility index (Phi) is 5.60. The molecular formula is C14H24N2O2S2. The lowest BCUT2D eigenvalue weighted by Gasteiger charge is -2.29. The summed E-state index contributed by atoms with van der Waals surface area (Å²) >= 11 is 1.37. The Morgan fingerprint density at radius 2 is 1.80 bits per heavy atom. The molecule has 1 fully saturated rings. The summed E-state index contributed by atoms with van der Waals surface area (Å²) in [6, 6.07) is 4.26. The number of aryl methyl sites for hydroxylation is 1. The Morgan fingerprint density at radius 1 is 1.15 bits per heavy atom. The molecule has 1 aromatic heterocycles. The molecule has 2 N–H and O–H groups in total. The topological polar surface area (TPSA) is 58.2 Å². The van der Waals surface area contributed by atoms with Gasteiger partial charge in [0.2, 0.25) is 10.0 Å². The van der Waals surface area contributed by atoms with E-state index in [0.29, 0.717) is 10.3 Å². The molecule has 114 valence electrons. The van der Waals surface area contributed by atoms with Gasteiger partial charge in [-0.05, 0) is 50.8 Å². The number of rotatable bonds is 6. The Balaban J connectivity index is 1.92. The summed E-state index contributed by atoms with van der Waals surface area (Å²) in [6.07, 6.45) is 4.82. The van der Waals surface area contributed by atoms with Crippen LogP contribution in [0.3, 0.4) is 0 Å². The van der Waals surface area contributed by atoms with Gasteiger partial charge in [-0.3, -0.25) is 0 Å². The van der Waals surface area contributed by atoms with Crippen molar-refractivity contribution < 1.29 is 8.42 Å². The van der Waals surface area contributed by atoms with Crippen LogP contribution in [0.25, 0.3) is 0 Å². The average Bonchev–Trinajstić information content (AvgIpc) is 2.91. The van der Waals surface area contributed by atoms with Crippen LogP contribution in [0.4, 0.5) is 0 Å². The van der Waals surface area contributed by atoms with Crippen LogP contribution in [0.1, 0.15) is 44.4 Å². The van der Waals surface area contributed by atoms with E-state index in [1.54, 1.807) is 6.07 Å². The maximum Gasteiger partial charge on any atom is 0.250 e. The minimum absolute atomic E-state index is 0.0853. The molecule has 2 rings (SSSR count). The quantitative estimate of drug-likeness (QED) is 0.848. The molecule has 1 heterocycles. The predicted octanol–water partition coefficient (Wildman–Crippen LogP) is 2.51. The number of hydrogen-bond acceptors (Lipinski definition) is 4. The summed E-state index contributed by atoms with van der Waals surface area (Å²) in [7, 11) is -3.33. The lowest BCUT2D eigenvalue weighted by atomic mass is 9.92. The summed E-state index contributed by atoms with van der Waals surface area (Å²) in [5.74, 6) is 0. The first-order chi connectivity index (χ1) is 9.55. The van der Waals surface area contributed by atoms with Gasteiger partial charge in [-0.25, -0.2) is 13.1 Å². The van der Waals surface area contributed by atoms with E-state index in [1.807, 2.05) is 13.0 Å². The molecule has 1 aromatic rings. The summed E-state index contributed by atoms with van der Waals surface area (Å²) in [5, 5.41) is 3.44. The zero-order valence-electron chi connectivity index (χ0n) is 12.2. The van der Waals surface area contributed by atoms with Gasteiger partial charge in [0.1, 0.15) is 4.21 Å². The summed E-state index contributed by atoms with van der Waals surface area (Å²) in [6.45, 7) is 5.13. The molecular weight excluding hydrogens is 292 g/mol. The van der Waals surface area contributed by atoms with Gasteiger partial charge in [0, 0.05) is 17.0 Å². The molecule has 0 bridgehead atoms. The fraction of sp³-hybridized carbons (Fsp3) is 0.714. The van der Waals surface area contributed by atoms with Crippen LogP contribution in [0.5, 0.6) is 0 Å². The highest BCUT2D eigenvalue weighted by atomic mass is 32.2. The van der Waals surface area contributed by atoms with Crippen molar-refractivity contribution >= 4 is 21.4 Å². The molecule has 0 amide bonds. The van der Waals surface area contributed by atoms with E-state index in [2.05, 4.69) is 17.0 Å². The van der Waals surface area contributed by atoms with Crippen molar-refractivity contribution in [2.45, 2.75) is 62.2 Å². The van der Waals surface area contributed by atoms with E-state index in [0.717, 1.165) is 43.5 Å².